The fraction of sp³-hybridized carbons (Fsp3) is 0.500. The van der Waals surface area contributed by atoms with Gasteiger partial charge >= 0.3 is 5.97 Å². The number of carboxylic acid groups (broad SMARTS) is 1. The van der Waals surface area contributed by atoms with Gasteiger partial charge in [0.2, 0.25) is 0 Å². The molecule has 0 aromatic heterocycles. The Hall–Kier alpha value is -1.51. The molecule has 1 aromatic carbocycles. The van der Waals surface area contributed by atoms with Gasteiger partial charge in [-0.25, -0.2) is 4.79 Å². The highest BCUT2D eigenvalue weighted by Gasteiger charge is 2.29. The molecule has 0 radical (unpaired) electrons. The molecule has 1 aromatic rings. The molecule has 0 aliphatic heterocycles. The van der Waals surface area contributed by atoms with E-state index in [9.17, 15) is 9.90 Å². The number of nitrogens with one attached hydrogen (secondary N) is 1. The number of hydrogen-bond acceptors (Lipinski definition) is 2. The first-order valence-corrected chi connectivity index (χ1v) is 6.12. The molecule has 0 spiro atoms. The normalized spacial score (nSPS) is 18.0. The van der Waals surface area contributed by atoms with Crippen LogP contribution < -0.4 is 5.32 Å². The monoisotopic (exact) mass is 233 g/mol. The third kappa shape index (κ3) is 2.60. The van der Waals surface area contributed by atoms with Crippen molar-refractivity contribution in [2.45, 2.75) is 45.1 Å². The fourth-order valence-electron chi connectivity index (χ4n) is 2.55. The maximum absolute atomic E-state index is 11.2. The van der Waals surface area contributed by atoms with Gasteiger partial charge in [-0.3, -0.25) is 0 Å². The summed E-state index contributed by atoms with van der Waals surface area (Å²) in [7, 11) is 0. The van der Waals surface area contributed by atoms with E-state index < -0.39 is 5.97 Å². The first kappa shape index (κ1) is 12.0. The van der Waals surface area contributed by atoms with E-state index >= 15 is 0 Å². The van der Waals surface area contributed by atoms with Crippen LogP contribution in [0.1, 0.15) is 48.5 Å². The number of aryl methyl sites for hydroxylation is 1. The van der Waals surface area contributed by atoms with Gasteiger partial charge in [-0.2, -0.15) is 0 Å². The second kappa shape index (κ2) is 4.40. The van der Waals surface area contributed by atoms with Crippen molar-refractivity contribution in [2.24, 2.45) is 0 Å². The Kier molecular flexibility index (Phi) is 3.09. The molecule has 1 fully saturated rings. The molecule has 0 atom stereocenters. The molecule has 1 saturated carbocycles. The average Bonchev–Trinajstić information content (AvgIpc) is 2.67. The number of benzene rings is 1. The van der Waals surface area contributed by atoms with Gasteiger partial charge in [0.15, 0.2) is 0 Å². The van der Waals surface area contributed by atoms with E-state index in [4.69, 9.17) is 0 Å². The molecule has 3 heteroatoms. The minimum absolute atomic E-state index is 0.0550. The minimum Gasteiger partial charge on any atom is -0.478 e. The van der Waals surface area contributed by atoms with Crippen molar-refractivity contribution in [3.8, 4) is 0 Å². The predicted octanol–water partition coefficient (Wildman–Crippen LogP) is 3.44. The molecule has 2 N–H and O–H groups in total. The molecule has 0 amide bonds. The lowest BCUT2D eigenvalue weighted by atomic mass is 9.99. The zero-order chi connectivity index (χ0) is 12.5. The van der Waals surface area contributed by atoms with Crippen LogP contribution >= 0.6 is 0 Å². The van der Waals surface area contributed by atoms with Gasteiger partial charge in [0.05, 0.1) is 5.56 Å². The molecule has 0 heterocycles. The number of rotatable bonds is 3. The SMILES string of the molecule is Cc1ccc(NC2(C)CCCC2)c(C(=O)O)c1. The van der Waals surface area contributed by atoms with E-state index in [0.717, 1.165) is 24.1 Å². The van der Waals surface area contributed by atoms with E-state index in [1.54, 1.807) is 6.07 Å². The smallest absolute Gasteiger partial charge is 0.337 e. The van der Waals surface area contributed by atoms with Crippen LogP contribution in [0.25, 0.3) is 0 Å². The Bertz CT molecular complexity index is 434. The van der Waals surface area contributed by atoms with Crippen molar-refractivity contribution in [1.82, 2.24) is 0 Å². The Morgan fingerprint density at radius 2 is 2.00 bits per heavy atom. The van der Waals surface area contributed by atoms with Crippen molar-refractivity contribution < 1.29 is 9.90 Å². The summed E-state index contributed by atoms with van der Waals surface area (Å²) in [6.45, 7) is 4.08. The quantitative estimate of drug-likeness (QED) is 0.840. The van der Waals surface area contributed by atoms with Gasteiger partial charge < -0.3 is 10.4 Å². The maximum atomic E-state index is 11.2. The van der Waals surface area contributed by atoms with E-state index in [1.165, 1.54) is 12.8 Å². The largest absolute Gasteiger partial charge is 0.478 e. The third-order valence-electron chi connectivity index (χ3n) is 3.55. The van der Waals surface area contributed by atoms with Crippen LogP contribution in [0.3, 0.4) is 0 Å². The zero-order valence-electron chi connectivity index (χ0n) is 10.4. The summed E-state index contributed by atoms with van der Waals surface area (Å²) in [6.07, 6.45) is 4.66. The lowest BCUT2D eigenvalue weighted by Gasteiger charge is -2.27. The topological polar surface area (TPSA) is 49.3 Å². The summed E-state index contributed by atoms with van der Waals surface area (Å²) in [6, 6.07) is 5.55. The summed E-state index contributed by atoms with van der Waals surface area (Å²) in [5.74, 6) is -0.863. The molecular formula is C14H19NO2. The number of anilines is 1. The predicted molar refractivity (Wildman–Crippen MR) is 68.6 cm³/mol. The van der Waals surface area contributed by atoms with Crippen LogP contribution in [0.15, 0.2) is 18.2 Å². The summed E-state index contributed by atoms with van der Waals surface area (Å²) in [5, 5.41) is 12.6. The van der Waals surface area contributed by atoms with E-state index in [1.807, 2.05) is 19.1 Å². The zero-order valence-corrected chi connectivity index (χ0v) is 10.4. The van der Waals surface area contributed by atoms with Crippen molar-refractivity contribution >= 4 is 11.7 Å². The van der Waals surface area contributed by atoms with Crippen LogP contribution in [0.4, 0.5) is 5.69 Å². The van der Waals surface area contributed by atoms with Crippen LogP contribution in [0.2, 0.25) is 0 Å². The second-order valence-corrected chi connectivity index (χ2v) is 5.25. The van der Waals surface area contributed by atoms with Crippen LogP contribution in [-0.4, -0.2) is 16.6 Å². The van der Waals surface area contributed by atoms with Gasteiger partial charge in [0.1, 0.15) is 0 Å². The van der Waals surface area contributed by atoms with E-state index in [-0.39, 0.29) is 5.54 Å². The minimum atomic E-state index is -0.863. The highest BCUT2D eigenvalue weighted by Crippen LogP contribution is 2.33. The molecule has 3 nitrogen and oxygen atoms in total. The number of carboxylic acids is 1. The first-order valence-electron chi connectivity index (χ1n) is 6.12. The number of aromatic carboxylic acids is 1. The summed E-state index contributed by atoms with van der Waals surface area (Å²) >= 11 is 0. The van der Waals surface area contributed by atoms with Crippen molar-refractivity contribution in [2.75, 3.05) is 5.32 Å². The molecule has 92 valence electrons. The Morgan fingerprint density at radius 3 is 2.59 bits per heavy atom. The molecular weight excluding hydrogens is 214 g/mol. The van der Waals surface area contributed by atoms with E-state index in [2.05, 4.69) is 12.2 Å². The Morgan fingerprint density at radius 1 is 1.35 bits per heavy atom. The van der Waals surface area contributed by atoms with Gasteiger partial charge in [0.25, 0.3) is 0 Å². The van der Waals surface area contributed by atoms with Gasteiger partial charge in [0, 0.05) is 11.2 Å². The van der Waals surface area contributed by atoms with Gasteiger partial charge in [-0.1, -0.05) is 24.5 Å². The Labute approximate surface area is 102 Å². The highest BCUT2D eigenvalue weighted by molar-refractivity contribution is 5.94. The fourth-order valence-corrected chi connectivity index (χ4v) is 2.55. The van der Waals surface area contributed by atoms with Crippen LogP contribution in [0.5, 0.6) is 0 Å². The standard InChI is InChI=1S/C14H19NO2/c1-10-5-6-12(11(9-10)13(16)17)15-14(2)7-3-4-8-14/h5-6,9,15H,3-4,7-8H2,1-2H3,(H,16,17). The molecule has 0 bridgehead atoms. The first-order chi connectivity index (χ1) is 8.00. The van der Waals surface area contributed by atoms with E-state index in [0.29, 0.717) is 5.56 Å². The number of carbonyl (C=O) groups is 1. The van der Waals surface area contributed by atoms with Crippen molar-refractivity contribution in [1.29, 1.82) is 0 Å². The second-order valence-electron chi connectivity index (χ2n) is 5.25. The highest BCUT2D eigenvalue weighted by atomic mass is 16.4. The molecule has 0 saturated heterocycles. The van der Waals surface area contributed by atoms with Crippen LogP contribution in [0, 0.1) is 6.92 Å². The molecule has 2 rings (SSSR count). The third-order valence-corrected chi connectivity index (χ3v) is 3.55. The van der Waals surface area contributed by atoms with Gasteiger partial charge in [-0.15, -0.1) is 0 Å². The van der Waals surface area contributed by atoms with Crippen molar-refractivity contribution in [3.63, 3.8) is 0 Å². The molecule has 1 aliphatic rings. The summed E-state index contributed by atoms with van der Waals surface area (Å²) in [5.41, 5.74) is 2.15. The molecule has 17 heavy (non-hydrogen) atoms. The average molecular weight is 233 g/mol. The van der Waals surface area contributed by atoms with Gasteiger partial charge in [-0.05, 0) is 38.8 Å². The lowest BCUT2D eigenvalue weighted by Crippen LogP contribution is -2.31. The molecule has 1 aliphatic carbocycles. The summed E-state index contributed by atoms with van der Waals surface area (Å²) in [4.78, 5) is 11.2. The number of hydrogen-bond donors (Lipinski definition) is 2. The van der Waals surface area contributed by atoms with Crippen LogP contribution in [-0.2, 0) is 0 Å². The lowest BCUT2D eigenvalue weighted by molar-refractivity contribution is 0.0697. The Balaban J connectivity index is 2.28. The summed E-state index contributed by atoms with van der Waals surface area (Å²) < 4.78 is 0. The maximum Gasteiger partial charge on any atom is 0.337 e. The van der Waals surface area contributed by atoms with Crippen molar-refractivity contribution in [3.05, 3.63) is 29.3 Å². The molecule has 0 unspecified atom stereocenters.